The van der Waals surface area contributed by atoms with Crippen molar-refractivity contribution in [2.24, 2.45) is 4.99 Å². The lowest BCUT2D eigenvalue weighted by Crippen LogP contribution is -2.23. The number of carbonyl (C=O) groups excluding carboxylic acids is 2. The second-order valence-corrected chi connectivity index (χ2v) is 6.77. The fourth-order valence-electron chi connectivity index (χ4n) is 2.65. The summed E-state index contributed by atoms with van der Waals surface area (Å²) in [7, 11) is 2.97. The van der Waals surface area contributed by atoms with Gasteiger partial charge >= 0.3 is 17.8 Å². The number of methoxy groups -OCH3 is 2. The van der Waals surface area contributed by atoms with Crippen molar-refractivity contribution in [2.45, 2.75) is 13.5 Å². The molecule has 12 heteroatoms. The van der Waals surface area contributed by atoms with Gasteiger partial charge in [-0.25, -0.2) is 0 Å². The van der Waals surface area contributed by atoms with E-state index in [1.807, 2.05) is 0 Å². The summed E-state index contributed by atoms with van der Waals surface area (Å²) in [6, 6.07) is 5.59. The van der Waals surface area contributed by atoms with Crippen LogP contribution in [0, 0.1) is 10.1 Å². The van der Waals surface area contributed by atoms with Gasteiger partial charge in [0.15, 0.2) is 16.3 Å². The van der Waals surface area contributed by atoms with Crippen molar-refractivity contribution in [1.29, 1.82) is 0 Å². The van der Waals surface area contributed by atoms with Crippen LogP contribution in [0.2, 0.25) is 0 Å². The third kappa shape index (κ3) is 4.17. The van der Waals surface area contributed by atoms with Crippen molar-refractivity contribution >= 4 is 39.3 Å². The van der Waals surface area contributed by atoms with Crippen LogP contribution in [0.15, 0.2) is 33.7 Å². The third-order valence-electron chi connectivity index (χ3n) is 3.96. The number of aromatic nitrogens is 1. The van der Waals surface area contributed by atoms with Crippen molar-refractivity contribution in [3.05, 3.63) is 44.9 Å². The van der Waals surface area contributed by atoms with Crippen molar-refractivity contribution in [3.8, 4) is 11.5 Å². The normalized spacial score (nSPS) is 11.5. The Morgan fingerprint density at radius 3 is 2.53 bits per heavy atom. The number of esters is 1. The first-order valence-electron chi connectivity index (χ1n) is 8.62. The predicted molar refractivity (Wildman–Crippen MR) is 105 cm³/mol. The Morgan fingerprint density at radius 1 is 1.23 bits per heavy atom. The zero-order chi connectivity index (χ0) is 21.8. The van der Waals surface area contributed by atoms with E-state index in [0.29, 0.717) is 21.7 Å². The fourth-order valence-corrected chi connectivity index (χ4v) is 3.69. The molecule has 0 aliphatic heterocycles. The van der Waals surface area contributed by atoms with Crippen molar-refractivity contribution in [1.82, 2.24) is 4.57 Å². The van der Waals surface area contributed by atoms with Gasteiger partial charge in [-0.2, -0.15) is 4.99 Å². The highest BCUT2D eigenvalue weighted by molar-refractivity contribution is 7.16. The highest BCUT2D eigenvalue weighted by atomic mass is 32.1. The van der Waals surface area contributed by atoms with Crippen molar-refractivity contribution in [3.63, 3.8) is 0 Å². The van der Waals surface area contributed by atoms with Crippen LogP contribution in [0.5, 0.6) is 11.5 Å². The quantitative estimate of drug-likeness (QED) is 0.314. The molecule has 0 fully saturated rings. The molecule has 0 N–H and O–H groups in total. The van der Waals surface area contributed by atoms with Crippen LogP contribution in [0.3, 0.4) is 0 Å². The molecule has 0 spiro atoms. The van der Waals surface area contributed by atoms with E-state index < -0.39 is 22.7 Å². The number of furan rings is 1. The van der Waals surface area contributed by atoms with Crippen LogP contribution in [0.4, 0.5) is 5.88 Å². The molecule has 11 nitrogen and oxygen atoms in total. The van der Waals surface area contributed by atoms with Gasteiger partial charge in [-0.05, 0) is 13.0 Å². The van der Waals surface area contributed by atoms with Gasteiger partial charge < -0.3 is 23.2 Å². The summed E-state index contributed by atoms with van der Waals surface area (Å²) in [4.78, 5) is 38.8. The van der Waals surface area contributed by atoms with Crippen molar-refractivity contribution < 1.29 is 33.1 Å². The van der Waals surface area contributed by atoms with E-state index in [1.54, 1.807) is 19.1 Å². The van der Waals surface area contributed by atoms with Gasteiger partial charge in [0.25, 0.3) is 0 Å². The Bertz CT molecular complexity index is 1190. The number of fused-ring (bicyclic) bond motifs is 1. The SMILES string of the molecule is CCOC(=O)Cn1c(=NC(=O)c2ccc([N+](=O)[O-])o2)sc2cc(OC)c(OC)cc21. The van der Waals surface area contributed by atoms with Gasteiger partial charge in [-0.3, -0.25) is 19.7 Å². The van der Waals surface area contributed by atoms with Gasteiger partial charge in [0.1, 0.15) is 11.5 Å². The molecule has 0 saturated heterocycles. The Hall–Kier alpha value is -3.67. The van der Waals surface area contributed by atoms with Crippen LogP contribution in [0.25, 0.3) is 10.2 Å². The van der Waals surface area contributed by atoms with Crippen LogP contribution < -0.4 is 14.3 Å². The Labute approximate surface area is 173 Å². The molecule has 0 aliphatic rings. The molecular formula is C18H17N3O8S. The minimum atomic E-state index is -0.828. The zero-order valence-corrected chi connectivity index (χ0v) is 17.1. The van der Waals surface area contributed by atoms with E-state index in [0.717, 1.165) is 17.4 Å². The molecule has 3 rings (SSSR count). The molecule has 0 atom stereocenters. The largest absolute Gasteiger partial charge is 0.493 e. The summed E-state index contributed by atoms with van der Waals surface area (Å²) >= 11 is 1.13. The molecule has 2 heterocycles. The highest BCUT2D eigenvalue weighted by Crippen LogP contribution is 2.33. The smallest absolute Gasteiger partial charge is 0.433 e. The summed E-state index contributed by atoms with van der Waals surface area (Å²) in [5.41, 5.74) is 0.572. The molecule has 0 radical (unpaired) electrons. The number of nitro groups is 1. The average Bonchev–Trinajstić information content (AvgIpc) is 3.33. The first-order valence-corrected chi connectivity index (χ1v) is 9.43. The molecule has 30 heavy (non-hydrogen) atoms. The second kappa shape index (κ2) is 8.78. The van der Waals surface area contributed by atoms with E-state index in [2.05, 4.69) is 4.99 Å². The summed E-state index contributed by atoms with van der Waals surface area (Å²) in [6.07, 6.45) is 0. The summed E-state index contributed by atoms with van der Waals surface area (Å²) in [6.45, 7) is 1.68. The van der Waals surface area contributed by atoms with Crippen LogP contribution in [0.1, 0.15) is 17.5 Å². The van der Waals surface area contributed by atoms with E-state index in [9.17, 15) is 19.7 Å². The van der Waals surface area contributed by atoms with E-state index in [-0.39, 0.29) is 23.7 Å². The second-order valence-electron chi connectivity index (χ2n) is 5.76. The number of amides is 1. The lowest BCUT2D eigenvalue weighted by atomic mass is 10.3. The molecule has 0 saturated carbocycles. The Morgan fingerprint density at radius 2 is 1.93 bits per heavy atom. The van der Waals surface area contributed by atoms with Gasteiger partial charge in [-0.15, -0.1) is 0 Å². The minimum absolute atomic E-state index is 0.178. The molecule has 3 aromatic rings. The molecule has 0 bridgehead atoms. The molecule has 1 aromatic carbocycles. The molecule has 1 amide bonds. The number of ether oxygens (including phenoxy) is 3. The number of hydrogen-bond donors (Lipinski definition) is 0. The first-order chi connectivity index (χ1) is 14.4. The molecule has 158 valence electrons. The number of benzene rings is 1. The standard InChI is InChI=1S/C18H17N3O8S/c1-4-28-16(22)9-20-10-7-12(26-2)13(27-3)8-14(10)30-18(20)19-17(23)11-5-6-15(29-11)21(24)25/h5-8H,4,9H2,1-3H3. The van der Waals surface area contributed by atoms with Crippen LogP contribution in [-0.4, -0.2) is 42.2 Å². The Kier molecular flexibility index (Phi) is 6.16. The first kappa shape index (κ1) is 21.0. The number of hydrogen-bond acceptors (Lipinski definition) is 9. The maximum atomic E-state index is 12.5. The number of carbonyl (C=O) groups is 2. The van der Waals surface area contributed by atoms with E-state index >= 15 is 0 Å². The maximum Gasteiger partial charge on any atom is 0.433 e. The fraction of sp³-hybridized carbons (Fsp3) is 0.278. The number of nitrogens with zero attached hydrogens (tertiary/aromatic N) is 3. The van der Waals surface area contributed by atoms with E-state index in [4.69, 9.17) is 18.6 Å². The molecule has 0 unspecified atom stereocenters. The number of thiazole rings is 1. The lowest BCUT2D eigenvalue weighted by Gasteiger charge is -2.09. The monoisotopic (exact) mass is 435 g/mol. The molecular weight excluding hydrogens is 418 g/mol. The maximum absolute atomic E-state index is 12.5. The predicted octanol–water partition coefficient (Wildman–Crippen LogP) is 2.53. The molecule has 0 aliphatic carbocycles. The lowest BCUT2D eigenvalue weighted by molar-refractivity contribution is -0.402. The summed E-state index contributed by atoms with van der Waals surface area (Å²) in [5, 5.41) is 10.8. The van der Waals surface area contributed by atoms with Crippen LogP contribution in [-0.2, 0) is 16.1 Å². The minimum Gasteiger partial charge on any atom is -0.493 e. The van der Waals surface area contributed by atoms with Gasteiger partial charge in [0, 0.05) is 12.1 Å². The Balaban J connectivity index is 2.15. The van der Waals surface area contributed by atoms with E-state index in [1.165, 1.54) is 24.9 Å². The molecule has 2 aromatic heterocycles. The van der Waals surface area contributed by atoms with Crippen LogP contribution >= 0.6 is 11.3 Å². The zero-order valence-electron chi connectivity index (χ0n) is 16.2. The van der Waals surface area contributed by atoms with Gasteiger partial charge in [0.05, 0.1) is 37.1 Å². The summed E-state index contributed by atoms with van der Waals surface area (Å²) < 4.78 is 22.7. The average molecular weight is 435 g/mol. The third-order valence-corrected chi connectivity index (χ3v) is 5.00. The summed E-state index contributed by atoms with van der Waals surface area (Å²) in [5.74, 6) is -1.31. The number of rotatable bonds is 7. The topological polar surface area (TPSA) is 135 Å². The van der Waals surface area contributed by atoms with Crippen molar-refractivity contribution in [2.75, 3.05) is 20.8 Å². The van der Waals surface area contributed by atoms with Gasteiger partial charge in [-0.1, -0.05) is 11.3 Å². The highest BCUT2D eigenvalue weighted by Gasteiger charge is 2.19. The van der Waals surface area contributed by atoms with Gasteiger partial charge in [0.2, 0.25) is 5.76 Å².